The number of rotatable bonds is 6. The molecule has 11 heteroatoms. The molecule has 4 atom stereocenters. The van der Waals surface area contributed by atoms with Gasteiger partial charge in [0.2, 0.25) is 0 Å². The van der Waals surface area contributed by atoms with E-state index in [1.54, 1.807) is 17.2 Å². The first-order valence-electron chi connectivity index (χ1n) is 11.3. The average Bonchev–Trinajstić information content (AvgIpc) is 3.67. The van der Waals surface area contributed by atoms with Gasteiger partial charge in [0.15, 0.2) is 0 Å². The molecular formula is C24H23N7O4. The molecule has 0 unspecified atom stereocenters. The van der Waals surface area contributed by atoms with E-state index < -0.39 is 0 Å². The first-order valence-corrected chi connectivity index (χ1v) is 11.3. The fourth-order valence-corrected chi connectivity index (χ4v) is 4.43. The number of aryl methyl sites for hydroxylation is 1. The van der Waals surface area contributed by atoms with Crippen molar-refractivity contribution in [2.75, 3.05) is 13.2 Å². The number of amides is 1. The number of nitrogens with one attached hydrogen (secondary N) is 1. The van der Waals surface area contributed by atoms with E-state index in [2.05, 4.69) is 25.8 Å². The van der Waals surface area contributed by atoms with Gasteiger partial charge in [-0.3, -0.25) is 4.79 Å². The summed E-state index contributed by atoms with van der Waals surface area (Å²) in [6.07, 6.45) is 4.70. The molecule has 0 aliphatic carbocycles. The Balaban J connectivity index is 1.13. The smallest absolute Gasteiger partial charge is 0.341 e. The number of aromatic nitrogens is 6. The van der Waals surface area contributed by atoms with E-state index in [0.717, 1.165) is 11.3 Å². The summed E-state index contributed by atoms with van der Waals surface area (Å²) in [7, 11) is 0. The van der Waals surface area contributed by atoms with Crippen molar-refractivity contribution < 1.29 is 19.0 Å². The first kappa shape index (κ1) is 21.4. The zero-order chi connectivity index (χ0) is 23.8. The van der Waals surface area contributed by atoms with E-state index >= 15 is 0 Å². The highest BCUT2D eigenvalue weighted by Gasteiger charge is 2.50. The second-order valence-electron chi connectivity index (χ2n) is 8.58. The van der Waals surface area contributed by atoms with Crippen molar-refractivity contribution in [2.24, 2.45) is 0 Å². The molecule has 2 aromatic heterocycles. The van der Waals surface area contributed by atoms with Gasteiger partial charge in [-0.2, -0.15) is 4.68 Å². The zero-order valence-corrected chi connectivity index (χ0v) is 18.9. The molecule has 0 saturated carbocycles. The molecule has 178 valence electrons. The van der Waals surface area contributed by atoms with Crippen LogP contribution in [-0.4, -0.2) is 67.1 Å². The molecule has 11 nitrogen and oxygen atoms in total. The highest BCUT2D eigenvalue weighted by atomic mass is 16.6. The Hall–Kier alpha value is -4.09. The van der Waals surface area contributed by atoms with Crippen LogP contribution in [0.1, 0.15) is 22.0 Å². The lowest BCUT2D eigenvalue weighted by Crippen LogP contribution is -2.44. The van der Waals surface area contributed by atoms with Crippen molar-refractivity contribution in [3.8, 4) is 17.4 Å². The van der Waals surface area contributed by atoms with Gasteiger partial charge in [0.05, 0.1) is 25.6 Å². The molecule has 0 spiro atoms. The monoisotopic (exact) mass is 473 g/mol. The Kier molecular flexibility index (Phi) is 5.47. The summed E-state index contributed by atoms with van der Waals surface area (Å²) in [4.78, 5) is 16.7. The number of fused-ring (bicyclic) bond motifs is 1. The number of carbonyl (C=O) groups excluding carboxylic acids is 1. The molecule has 6 rings (SSSR count). The van der Waals surface area contributed by atoms with E-state index in [-0.39, 0.29) is 36.2 Å². The fraction of sp³-hybridized carbons (Fsp3) is 0.292. The third-order valence-corrected chi connectivity index (χ3v) is 6.28. The standard InChI is InChI=1S/C24H23N7O4/c1-15-2-4-16(5-3-15)23(32)26-19-12-33-22-20(13-34-21(19)22)31-24(27-28-29-31)35-18-8-6-17(7-9-18)30-11-10-25-14-30/h2-11,14,19-22H,12-13H2,1H3,(H,26,32)/t19-,20-,21+,22+/m0/s1. The van der Waals surface area contributed by atoms with Crippen LogP contribution >= 0.6 is 0 Å². The number of ether oxygens (including phenoxy) is 3. The second kappa shape index (κ2) is 8.93. The molecule has 0 bridgehead atoms. The molecule has 4 aromatic rings. The van der Waals surface area contributed by atoms with Gasteiger partial charge < -0.3 is 24.1 Å². The van der Waals surface area contributed by atoms with E-state index in [4.69, 9.17) is 14.2 Å². The highest BCUT2D eigenvalue weighted by Crippen LogP contribution is 2.36. The quantitative estimate of drug-likeness (QED) is 0.452. The van der Waals surface area contributed by atoms with E-state index in [1.807, 2.05) is 66.2 Å². The van der Waals surface area contributed by atoms with Gasteiger partial charge in [0.1, 0.15) is 24.0 Å². The summed E-state index contributed by atoms with van der Waals surface area (Å²) in [6.45, 7) is 2.67. The summed E-state index contributed by atoms with van der Waals surface area (Å²) in [6, 6.07) is 14.6. The Morgan fingerprint density at radius 1 is 1.06 bits per heavy atom. The number of imidazole rings is 1. The van der Waals surface area contributed by atoms with Gasteiger partial charge in [0.25, 0.3) is 5.91 Å². The van der Waals surface area contributed by atoms with Gasteiger partial charge in [-0.25, -0.2) is 4.98 Å². The van der Waals surface area contributed by atoms with Crippen molar-refractivity contribution >= 4 is 5.91 Å². The average molecular weight is 473 g/mol. The van der Waals surface area contributed by atoms with Crippen LogP contribution in [0.4, 0.5) is 0 Å². The lowest BCUT2D eigenvalue weighted by atomic mass is 10.1. The minimum Gasteiger partial charge on any atom is -0.423 e. The van der Waals surface area contributed by atoms with Crippen LogP contribution < -0.4 is 10.1 Å². The van der Waals surface area contributed by atoms with E-state index in [1.165, 1.54) is 0 Å². The van der Waals surface area contributed by atoms with Crippen LogP contribution in [-0.2, 0) is 9.47 Å². The van der Waals surface area contributed by atoms with E-state index in [0.29, 0.717) is 24.5 Å². The lowest BCUT2D eigenvalue weighted by molar-refractivity contribution is 0.0606. The maximum atomic E-state index is 12.7. The van der Waals surface area contributed by atoms with Crippen LogP contribution in [0.2, 0.25) is 0 Å². The van der Waals surface area contributed by atoms with Gasteiger partial charge >= 0.3 is 6.01 Å². The molecule has 2 fully saturated rings. The summed E-state index contributed by atoms with van der Waals surface area (Å²) in [5.74, 6) is 0.438. The van der Waals surface area contributed by atoms with Crippen molar-refractivity contribution in [3.05, 3.63) is 78.4 Å². The largest absolute Gasteiger partial charge is 0.423 e. The van der Waals surface area contributed by atoms with Crippen molar-refractivity contribution in [1.29, 1.82) is 0 Å². The Morgan fingerprint density at radius 3 is 2.63 bits per heavy atom. The number of tetrazole rings is 1. The maximum Gasteiger partial charge on any atom is 0.341 e. The van der Waals surface area contributed by atoms with Crippen LogP contribution in [0.3, 0.4) is 0 Å². The molecule has 1 N–H and O–H groups in total. The number of hydrogen-bond acceptors (Lipinski definition) is 8. The highest BCUT2D eigenvalue weighted by molar-refractivity contribution is 5.94. The number of carbonyl (C=O) groups is 1. The minimum atomic E-state index is -0.312. The van der Waals surface area contributed by atoms with Crippen LogP contribution in [0, 0.1) is 6.92 Å². The maximum absolute atomic E-state index is 12.7. The molecule has 2 saturated heterocycles. The van der Waals surface area contributed by atoms with Gasteiger partial charge in [0, 0.05) is 23.6 Å². The molecule has 1 amide bonds. The second-order valence-corrected chi connectivity index (χ2v) is 8.58. The third-order valence-electron chi connectivity index (χ3n) is 6.28. The van der Waals surface area contributed by atoms with Crippen LogP contribution in [0.5, 0.6) is 11.8 Å². The van der Waals surface area contributed by atoms with Crippen molar-refractivity contribution in [3.63, 3.8) is 0 Å². The van der Waals surface area contributed by atoms with Gasteiger partial charge in [-0.05, 0) is 53.7 Å². The van der Waals surface area contributed by atoms with Crippen LogP contribution in [0.25, 0.3) is 5.69 Å². The molecule has 2 aliphatic rings. The molecule has 35 heavy (non-hydrogen) atoms. The summed E-state index contributed by atoms with van der Waals surface area (Å²) >= 11 is 0. The first-order chi connectivity index (χ1) is 17.2. The summed E-state index contributed by atoms with van der Waals surface area (Å²) < 4.78 is 21.5. The normalized spacial score (nSPS) is 23.2. The predicted molar refractivity (Wildman–Crippen MR) is 122 cm³/mol. The summed E-state index contributed by atoms with van der Waals surface area (Å²) in [5.41, 5.74) is 2.66. The number of benzene rings is 2. The number of nitrogens with zero attached hydrogens (tertiary/aromatic N) is 6. The molecule has 4 heterocycles. The Labute approximate surface area is 200 Å². The Bertz CT molecular complexity index is 1300. The SMILES string of the molecule is Cc1ccc(C(=O)N[C@H]2CO[C@H]3[C@@H]2OC[C@@H]3n2nnnc2Oc2ccc(-n3ccnc3)cc2)cc1. The molecule has 0 radical (unpaired) electrons. The minimum absolute atomic E-state index is 0.156. The number of hydrogen-bond donors (Lipinski definition) is 1. The van der Waals surface area contributed by atoms with Crippen molar-refractivity contribution in [2.45, 2.75) is 31.2 Å². The van der Waals surface area contributed by atoms with Crippen molar-refractivity contribution in [1.82, 2.24) is 35.1 Å². The molecule has 2 aromatic carbocycles. The lowest BCUT2D eigenvalue weighted by Gasteiger charge is -2.18. The van der Waals surface area contributed by atoms with Gasteiger partial charge in [-0.15, -0.1) is 0 Å². The fourth-order valence-electron chi connectivity index (χ4n) is 4.43. The zero-order valence-electron chi connectivity index (χ0n) is 18.9. The third kappa shape index (κ3) is 4.15. The van der Waals surface area contributed by atoms with E-state index in [9.17, 15) is 4.79 Å². The van der Waals surface area contributed by atoms with Crippen LogP contribution in [0.15, 0.2) is 67.3 Å². The Morgan fingerprint density at radius 2 is 1.86 bits per heavy atom. The summed E-state index contributed by atoms with van der Waals surface area (Å²) in [5, 5.41) is 15.0. The molecular weight excluding hydrogens is 450 g/mol. The topological polar surface area (TPSA) is 118 Å². The van der Waals surface area contributed by atoms with Gasteiger partial charge in [-0.1, -0.05) is 22.8 Å². The predicted octanol–water partition coefficient (Wildman–Crippen LogP) is 2.10. The molecule has 2 aliphatic heterocycles.